The van der Waals surface area contributed by atoms with Crippen LogP contribution in [-0.4, -0.2) is 28.1 Å². The molecule has 2 aromatic rings. The predicted molar refractivity (Wildman–Crippen MR) is 95.6 cm³/mol. The number of halogens is 1. The smallest absolute Gasteiger partial charge is 0.240 e. The van der Waals surface area contributed by atoms with Crippen LogP contribution < -0.4 is 19.9 Å². The average molecular weight is 373 g/mol. The van der Waals surface area contributed by atoms with Gasteiger partial charge in [0.2, 0.25) is 10.0 Å². The Hall–Kier alpha value is -1.80. The highest BCUT2D eigenvalue weighted by Gasteiger charge is 2.16. The number of nitrogens with two attached hydrogens (primary N) is 1. The van der Waals surface area contributed by atoms with Crippen molar-refractivity contribution in [2.24, 2.45) is 5.73 Å². The molecule has 0 saturated heterocycles. The fourth-order valence-electron chi connectivity index (χ4n) is 1.85. The number of rotatable bonds is 7. The molecule has 8 heteroatoms. The van der Waals surface area contributed by atoms with Crippen LogP contribution in [0.5, 0.6) is 17.2 Å². The summed E-state index contributed by atoms with van der Waals surface area (Å²) in [6.45, 7) is 1.94. The lowest BCUT2D eigenvalue weighted by atomic mass is 10.3. The molecule has 0 aliphatic rings. The van der Waals surface area contributed by atoms with Gasteiger partial charge in [0.05, 0.1) is 12.0 Å². The summed E-state index contributed by atoms with van der Waals surface area (Å²) < 4.78 is 37.5. The molecule has 2 rings (SSSR count). The molecule has 0 heterocycles. The van der Waals surface area contributed by atoms with Crippen molar-refractivity contribution < 1.29 is 17.9 Å². The fraction of sp³-hybridized carbons (Fsp3) is 0.250. The van der Waals surface area contributed by atoms with Crippen molar-refractivity contribution in [1.29, 1.82) is 0 Å². The number of benzene rings is 2. The van der Waals surface area contributed by atoms with Crippen molar-refractivity contribution in [3.8, 4) is 17.2 Å². The van der Waals surface area contributed by atoms with Crippen LogP contribution in [0.25, 0.3) is 0 Å². The van der Waals surface area contributed by atoms with E-state index in [0.717, 1.165) is 5.75 Å². The molecule has 0 aliphatic carbocycles. The highest BCUT2D eigenvalue weighted by molar-refractivity contribution is 7.89. The quantitative estimate of drug-likeness (QED) is 0.779. The Bertz CT molecular complexity index is 734. The minimum Gasteiger partial charge on any atom is -0.497 e. The summed E-state index contributed by atoms with van der Waals surface area (Å²) in [7, 11) is -1.98. The van der Waals surface area contributed by atoms with Crippen molar-refractivity contribution in [1.82, 2.24) is 4.72 Å². The number of hydrogen-bond donors (Lipinski definition) is 2. The summed E-state index contributed by atoms with van der Waals surface area (Å²) in [6.07, 6.45) is 0. The molecule has 0 aromatic heterocycles. The maximum Gasteiger partial charge on any atom is 0.240 e. The van der Waals surface area contributed by atoms with Crippen molar-refractivity contribution in [2.45, 2.75) is 17.9 Å². The molecule has 2 aromatic carbocycles. The van der Waals surface area contributed by atoms with Gasteiger partial charge in [-0.25, -0.2) is 13.1 Å². The number of hydrogen-bond acceptors (Lipinski definition) is 5. The van der Waals surface area contributed by atoms with Crippen molar-refractivity contribution in [3.63, 3.8) is 0 Å². The first-order chi connectivity index (χ1) is 10.9. The van der Waals surface area contributed by atoms with Gasteiger partial charge in [0, 0.05) is 12.6 Å². The minimum atomic E-state index is -3.57. The molecule has 0 saturated carbocycles. The highest BCUT2D eigenvalue weighted by atomic mass is 35.5. The fourth-order valence-corrected chi connectivity index (χ4v) is 3.10. The standard InChI is InChI=1S/C16H20N2O4S.ClH/c1-12(11-17)18-23(19,20)16-9-7-15(8-10-16)22-14-5-3-13(21-2)4-6-14;/h3-10,12,18H,11,17H2,1-2H3;1H/t12-;/m0./s1. The van der Waals surface area contributed by atoms with Crippen LogP contribution in [0.1, 0.15) is 6.92 Å². The zero-order valence-electron chi connectivity index (χ0n) is 13.4. The molecule has 0 amide bonds. The molecule has 0 spiro atoms. The molecule has 1 atom stereocenters. The first-order valence-corrected chi connectivity index (χ1v) is 8.57. The van der Waals surface area contributed by atoms with E-state index in [1.54, 1.807) is 50.4 Å². The van der Waals surface area contributed by atoms with E-state index in [9.17, 15) is 8.42 Å². The van der Waals surface area contributed by atoms with Crippen LogP contribution in [0.4, 0.5) is 0 Å². The van der Waals surface area contributed by atoms with Crippen molar-refractivity contribution in [3.05, 3.63) is 48.5 Å². The van der Waals surface area contributed by atoms with E-state index in [4.69, 9.17) is 15.2 Å². The van der Waals surface area contributed by atoms with Crippen molar-refractivity contribution >= 4 is 22.4 Å². The molecular weight excluding hydrogens is 352 g/mol. The lowest BCUT2D eigenvalue weighted by Crippen LogP contribution is -2.37. The SMILES string of the molecule is COc1ccc(Oc2ccc(S(=O)(=O)N[C@@H](C)CN)cc2)cc1.Cl. The average Bonchev–Trinajstić information content (AvgIpc) is 2.55. The van der Waals surface area contributed by atoms with Gasteiger partial charge >= 0.3 is 0 Å². The van der Waals surface area contributed by atoms with Gasteiger partial charge in [-0.3, -0.25) is 0 Å². The third kappa shape index (κ3) is 5.38. The van der Waals surface area contributed by atoms with Crippen LogP contribution in [0.15, 0.2) is 53.4 Å². The van der Waals surface area contributed by atoms with Crippen LogP contribution in [0.3, 0.4) is 0 Å². The number of nitrogens with one attached hydrogen (secondary N) is 1. The predicted octanol–water partition coefficient (Wildman–Crippen LogP) is 2.53. The van der Waals surface area contributed by atoms with Gasteiger partial charge in [-0.15, -0.1) is 12.4 Å². The van der Waals surface area contributed by atoms with Gasteiger partial charge in [0.1, 0.15) is 17.2 Å². The minimum absolute atomic E-state index is 0. The van der Waals surface area contributed by atoms with E-state index < -0.39 is 10.0 Å². The molecule has 24 heavy (non-hydrogen) atoms. The van der Waals surface area contributed by atoms with Crippen LogP contribution in [0, 0.1) is 0 Å². The zero-order chi connectivity index (χ0) is 16.9. The lowest BCUT2D eigenvalue weighted by molar-refractivity contribution is 0.413. The second-order valence-electron chi connectivity index (χ2n) is 5.01. The monoisotopic (exact) mass is 372 g/mol. The molecule has 3 N–H and O–H groups in total. The van der Waals surface area contributed by atoms with E-state index in [-0.39, 0.29) is 29.9 Å². The van der Waals surface area contributed by atoms with Crippen molar-refractivity contribution in [2.75, 3.05) is 13.7 Å². The Morgan fingerprint density at radius 2 is 1.46 bits per heavy atom. The second kappa shape index (κ2) is 8.89. The molecule has 0 bridgehead atoms. The number of sulfonamides is 1. The molecular formula is C16H21ClN2O4S. The van der Waals surface area contributed by atoms with E-state index in [2.05, 4.69) is 4.72 Å². The number of ether oxygens (including phenoxy) is 2. The molecule has 0 unspecified atom stereocenters. The Kier molecular flexibility index (Phi) is 7.50. The normalized spacial score (nSPS) is 12.1. The van der Waals surface area contributed by atoms with Crippen LogP contribution in [-0.2, 0) is 10.0 Å². The summed E-state index contributed by atoms with van der Waals surface area (Å²) in [6, 6.07) is 13.0. The Morgan fingerprint density at radius 3 is 1.92 bits per heavy atom. The third-order valence-electron chi connectivity index (χ3n) is 3.14. The first-order valence-electron chi connectivity index (χ1n) is 7.09. The van der Waals surface area contributed by atoms with Gasteiger partial charge in [-0.05, 0) is 55.5 Å². The van der Waals surface area contributed by atoms with Gasteiger partial charge in [0.15, 0.2) is 0 Å². The Labute approximate surface area is 148 Å². The van der Waals surface area contributed by atoms with Gasteiger partial charge in [-0.2, -0.15) is 0 Å². The second-order valence-corrected chi connectivity index (χ2v) is 6.72. The highest BCUT2D eigenvalue weighted by Crippen LogP contribution is 2.24. The molecule has 0 fully saturated rings. The topological polar surface area (TPSA) is 90.6 Å². The van der Waals surface area contributed by atoms with E-state index >= 15 is 0 Å². The summed E-state index contributed by atoms with van der Waals surface area (Å²) in [5, 5.41) is 0. The van der Waals surface area contributed by atoms with Gasteiger partial charge in [0.25, 0.3) is 0 Å². The Balaban J connectivity index is 0.00000288. The van der Waals surface area contributed by atoms with E-state index in [1.165, 1.54) is 12.1 Å². The number of methoxy groups -OCH3 is 1. The molecule has 0 aliphatic heterocycles. The summed E-state index contributed by atoms with van der Waals surface area (Å²) in [5.41, 5.74) is 5.43. The van der Waals surface area contributed by atoms with Crippen LogP contribution >= 0.6 is 12.4 Å². The summed E-state index contributed by atoms with van der Waals surface area (Å²) in [4.78, 5) is 0.167. The maximum atomic E-state index is 12.1. The zero-order valence-corrected chi connectivity index (χ0v) is 15.1. The van der Waals surface area contributed by atoms with E-state index in [1.807, 2.05) is 0 Å². The maximum absolute atomic E-state index is 12.1. The summed E-state index contributed by atoms with van der Waals surface area (Å²) in [5.74, 6) is 1.91. The lowest BCUT2D eigenvalue weighted by Gasteiger charge is -2.12. The van der Waals surface area contributed by atoms with Crippen LogP contribution in [0.2, 0.25) is 0 Å². The molecule has 0 radical (unpaired) electrons. The molecule has 6 nitrogen and oxygen atoms in total. The van der Waals surface area contributed by atoms with Gasteiger partial charge in [-0.1, -0.05) is 0 Å². The van der Waals surface area contributed by atoms with Gasteiger partial charge < -0.3 is 15.2 Å². The Morgan fingerprint density at radius 1 is 1.00 bits per heavy atom. The molecule has 132 valence electrons. The third-order valence-corrected chi connectivity index (χ3v) is 4.74. The largest absolute Gasteiger partial charge is 0.497 e. The van der Waals surface area contributed by atoms with E-state index in [0.29, 0.717) is 11.5 Å². The summed E-state index contributed by atoms with van der Waals surface area (Å²) >= 11 is 0. The first kappa shape index (κ1) is 20.2.